The van der Waals surface area contributed by atoms with Crippen LogP contribution in [-0.4, -0.2) is 20.2 Å². The van der Waals surface area contributed by atoms with E-state index in [1.165, 1.54) is 10.9 Å². The lowest BCUT2D eigenvalue weighted by Crippen LogP contribution is -2.14. The third kappa shape index (κ3) is 2.86. The summed E-state index contributed by atoms with van der Waals surface area (Å²) in [6, 6.07) is 4.47. The van der Waals surface area contributed by atoms with E-state index in [0.717, 1.165) is 0 Å². The van der Waals surface area contributed by atoms with Gasteiger partial charge in [-0.1, -0.05) is 6.07 Å². The Morgan fingerprint density at radius 3 is 2.88 bits per heavy atom. The summed E-state index contributed by atoms with van der Waals surface area (Å²) in [5.74, 6) is 0.216. The molecule has 90 valence electrons. The molecule has 0 radical (unpaired) electrons. The van der Waals surface area contributed by atoms with Gasteiger partial charge in [0.15, 0.2) is 5.82 Å². The zero-order valence-electron chi connectivity index (χ0n) is 9.14. The SMILES string of the molecule is Cn1nnc(CC(N)c2ccc(Br)c(F)c2)n1. The third-order valence-corrected chi connectivity index (χ3v) is 2.97. The number of nitrogens with two attached hydrogens (primary N) is 1. The summed E-state index contributed by atoms with van der Waals surface area (Å²) in [4.78, 5) is 1.37. The molecule has 0 aliphatic heterocycles. The highest BCUT2D eigenvalue weighted by atomic mass is 79.9. The van der Waals surface area contributed by atoms with Crippen LogP contribution >= 0.6 is 15.9 Å². The van der Waals surface area contributed by atoms with E-state index in [1.807, 2.05) is 0 Å². The molecule has 1 unspecified atom stereocenters. The highest BCUT2D eigenvalue weighted by molar-refractivity contribution is 9.10. The van der Waals surface area contributed by atoms with Crippen LogP contribution in [0.1, 0.15) is 17.4 Å². The van der Waals surface area contributed by atoms with Gasteiger partial charge in [0, 0.05) is 12.5 Å². The Kier molecular flexibility index (Phi) is 3.49. The van der Waals surface area contributed by atoms with E-state index in [1.54, 1.807) is 19.2 Å². The molecule has 0 spiro atoms. The zero-order chi connectivity index (χ0) is 12.4. The van der Waals surface area contributed by atoms with Gasteiger partial charge in [0.05, 0.1) is 11.5 Å². The van der Waals surface area contributed by atoms with Gasteiger partial charge in [-0.25, -0.2) is 4.39 Å². The average Bonchev–Trinajstić information content (AvgIpc) is 2.68. The largest absolute Gasteiger partial charge is 0.324 e. The van der Waals surface area contributed by atoms with Crippen molar-refractivity contribution in [3.05, 3.63) is 39.9 Å². The Balaban J connectivity index is 2.14. The van der Waals surface area contributed by atoms with Crippen molar-refractivity contribution in [3.63, 3.8) is 0 Å². The maximum Gasteiger partial charge on any atom is 0.176 e. The molecule has 2 aromatic rings. The lowest BCUT2D eigenvalue weighted by molar-refractivity contribution is 0.607. The van der Waals surface area contributed by atoms with Crippen molar-refractivity contribution >= 4 is 15.9 Å². The van der Waals surface area contributed by atoms with Crippen LogP contribution in [0.15, 0.2) is 22.7 Å². The van der Waals surface area contributed by atoms with E-state index in [-0.39, 0.29) is 11.9 Å². The van der Waals surface area contributed by atoms with Crippen LogP contribution in [0, 0.1) is 5.82 Å². The van der Waals surface area contributed by atoms with Crippen molar-refractivity contribution in [2.24, 2.45) is 12.8 Å². The van der Waals surface area contributed by atoms with Crippen molar-refractivity contribution in [1.82, 2.24) is 20.2 Å². The summed E-state index contributed by atoms with van der Waals surface area (Å²) in [5.41, 5.74) is 6.66. The van der Waals surface area contributed by atoms with E-state index in [2.05, 4.69) is 31.3 Å². The van der Waals surface area contributed by atoms with Gasteiger partial charge in [0.25, 0.3) is 0 Å². The number of hydrogen-bond acceptors (Lipinski definition) is 4. The predicted molar refractivity (Wildman–Crippen MR) is 63.5 cm³/mol. The second kappa shape index (κ2) is 4.89. The number of aryl methyl sites for hydroxylation is 1. The molecule has 2 N–H and O–H groups in total. The minimum Gasteiger partial charge on any atom is -0.324 e. The lowest BCUT2D eigenvalue weighted by Gasteiger charge is -2.09. The molecule has 1 atom stereocenters. The van der Waals surface area contributed by atoms with Gasteiger partial charge in [-0.05, 0) is 38.8 Å². The molecule has 17 heavy (non-hydrogen) atoms. The Bertz CT molecular complexity index is 527. The first-order valence-corrected chi connectivity index (χ1v) is 5.79. The summed E-state index contributed by atoms with van der Waals surface area (Å²) in [6.07, 6.45) is 0.426. The summed E-state index contributed by atoms with van der Waals surface area (Å²) in [5, 5.41) is 11.6. The summed E-state index contributed by atoms with van der Waals surface area (Å²) < 4.78 is 13.8. The first-order valence-electron chi connectivity index (χ1n) is 4.99. The molecule has 2 rings (SSSR count). The van der Waals surface area contributed by atoms with Crippen molar-refractivity contribution in [3.8, 4) is 0 Å². The first-order chi connectivity index (χ1) is 8.06. The second-order valence-corrected chi connectivity index (χ2v) is 4.53. The van der Waals surface area contributed by atoms with Crippen LogP contribution < -0.4 is 5.73 Å². The zero-order valence-corrected chi connectivity index (χ0v) is 10.7. The quantitative estimate of drug-likeness (QED) is 0.929. The molecular formula is C10H11BrFN5. The number of aromatic nitrogens is 4. The van der Waals surface area contributed by atoms with Crippen LogP contribution in [0.3, 0.4) is 0 Å². The predicted octanol–water partition coefficient (Wildman–Crippen LogP) is 1.35. The molecule has 5 nitrogen and oxygen atoms in total. The maximum atomic E-state index is 13.3. The van der Waals surface area contributed by atoms with Crippen LogP contribution in [0.5, 0.6) is 0 Å². The fourth-order valence-electron chi connectivity index (χ4n) is 1.46. The topological polar surface area (TPSA) is 69.6 Å². The van der Waals surface area contributed by atoms with E-state index < -0.39 is 0 Å². The van der Waals surface area contributed by atoms with Gasteiger partial charge in [-0.15, -0.1) is 10.2 Å². The van der Waals surface area contributed by atoms with Gasteiger partial charge in [-0.2, -0.15) is 4.80 Å². The first kappa shape index (κ1) is 12.1. The van der Waals surface area contributed by atoms with E-state index >= 15 is 0 Å². The molecule has 1 heterocycles. The highest BCUT2D eigenvalue weighted by Gasteiger charge is 2.12. The third-order valence-electron chi connectivity index (χ3n) is 2.32. The fourth-order valence-corrected chi connectivity index (χ4v) is 1.71. The van der Waals surface area contributed by atoms with Crippen molar-refractivity contribution in [2.45, 2.75) is 12.5 Å². The van der Waals surface area contributed by atoms with E-state index in [0.29, 0.717) is 22.3 Å². The summed E-state index contributed by atoms with van der Waals surface area (Å²) in [6.45, 7) is 0. The Labute approximate surface area is 106 Å². The molecule has 1 aromatic heterocycles. The lowest BCUT2D eigenvalue weighted by atomic mass is 10.0. The number of hydrogen-bond donors (Lipinski definition) is 1. The Morgan fingerprint density at radius 2 is 2.29 bits per heavy atom. The fraction of sp³-hybridized carbons (Fsp3) is 0.300. The normalized spacial score (nSPS) is 12.7. The number of halogens is 2. The number of benzene rings is 1. The molecule has 0 aliphatic rings. The van der Waals surface area contributed by atoms with Crippen LogP contribution in [0.2, 0.25) is 0 Å². The molecule has 0 amide bonds. The van der Waals surface area contributed by atoms with Crippen LogP contribution in [-0.2, 0) is 13.5 Å². The second-order valence-electron chi connectivity index (χ2n) is 3.68. The molecule has 1 aromatic carbocycles. The number of nitrogens with zero attached hydrogens (tertiary/aromatic N) is 4. The van der Waals surface area contributed by atoms with Gasteiger partial charge in [0.1, 0.15) is 5.82 Å². The van der Waals surface area contributed by atoms with Gasteiger partial charge >= 0.3 is 0 Å². The van der Waals surface area contributed by atoms with Crippen molar-refractivity contribution in [2.75, 3.05) is 0 Å². The van der Waals surface area contributed by atoms with E-state index in [4.69, 9.17) is 5.73 Å². The molecular weight excluding hydrogens is 289 g/mol. The Morgan fingerprint density at radius 1 is 1.53 bits per heavy atom. The van der Waals surface area contributed by atoms with Crippen LogP contribution in [0.25, 0.3) is 0 Å². The summed E-state index contributed by atoms with van der Waals surface area (Å²) in [7, 11) is 1.68. The van der Waals surface area contributed by atoms with Gasteiger partial charge in [0.2, 0.25) is 0 Å². The highest BCUT2D eigenvalue weighted by Crippen LogP contribution is 2.20. The van der Waals surface area contributed by atoms with Crippen molar-refractivity contribution < 1.29 is 4.39 Å². The molecule has 0 saturated heterocycles. The minimum absolute atomic E-state index is 0.329. The minimum atomic E-state index is -0.346. The van der Waals surface area contributed by atoms with Crippen molar-refractivity contribution in [1.29, 1.82) is 0 Å². The maximum absolute atomic E-state index is 13.3. The smallest absolute Gasteiger partial charge is 0.176 e. The monoisotopic (exact) mass is 299 g/mol. The molecule has 0 bridgehead atoms. The number of rotatable bonds is 3. The summed E-state index contributed by atoms with van der Waals surface area (Å²) >= 11 is 3.09. The molecule has 0 fully saturated rings. The van der Waals surface area contributed by atoms with E-state index in [9.17, 15) is 4.39 Å². The molecule has 0 aliphatic carbocycles. The van der Waals surface area contributed by atoms with Gasteiger partial charge in [-0.3, -0.25) is 0 Å². The standard InChI is InChI=1S/C10H11BrFN5/c1-17-15-10(14-16-17)5-9(13)6-2-3-7(11)8(12)4-6/h2-4,9H,5,13H2,1H3. The molecule has 7 heteroatoms. The molecule has 0 saturated carbocycles. The Hall–Kier alpha value is -1.34. The average molecular weight is 300 g/mol. The van der Waals surface area contributed by atoms with Crippen LogP contribution in [0.4, 0.5) is 4.39 Å². The number of tetrazole rings is 1. The van der Waals surface area contributed by atoms with Gasteiger partial charge < -0.3 is 5.73 Å².